The Hall–Kier alpha value is -1.05. The molecule has 2 heteroatoms. The van der Waals surface area contributed by atoms with E-state index in [4.69, 9.17) is 0 Å². The third-order valence-electron chi connectivity index (χ3n) is 1.73. The van der Waals surface area contributed by atoms with E-state index in [-0.39, 0.29) is 0 Å². The van der Waals surface area contributed by atoms with E-state index >= 15 is 0 Å². The van der Waals surface area contributed by atoms with Gasteiger partial charge in [-0.1, -0.05) is 6.08 Å². The van der Waals surface area contributed by atoms with Gasteiger partial charge in [-0.05, 0) is 31.8 Å². The molecule has 0 bridgehead atoms. The lowest BCUT2D eigenvalue weighted by Gasteiger charge is -2.11. The van der Waals surface area contributed by atoms with Gasteiger partial charge in [-0.3, -0.25) is 4.79 Å². The van der Waals surface area contributed by atoms with Crippen LogP contribution in [0.2, 0.25) is 0 Å². The zero-order chi connectivity index (χ0) is 7.94. The zero-order valence-electron chi connectivity index (χ0n) is 6.55. The van der Waals surface area contributed by atoms with Crippen LogP contribution in [0.5, 0.6) is 0 Å². The molecule has 0 unspecified atom stereocenters. The summed E-state index contributed by atoms with van der Waals surface area (Å²) in [6.45, 7) is 0. The SMILES string of the molecule is O=C/C=C/NC1=CCCCC1. The van der Waals surface area contributed by atoms with E-state index in [1.807, 2.05) is 0 Å². The van der Waals surface area contributed by atoms with Gasteiger partial charge in [-0.15, -0.1) is 0 Å². The van der Waals surface area contributed by atoms with Crippen LogP contribution in [-0.2, 0) is 4.79 Å². The number of nitrogens with one attached hydrogen (secondary N) is 1. The van der Waals surface area contributed by atoms with Crippen LogP contribution < -0.4 is 5.32 Å². The van der Waals surface area contributed by atoms with Gasteiger partial charge in [-0.25, -0.2) is 0 Å². The number of hydrogen-bond donors (Lipinski definition) is 1. The van der Waals surface area contributed by atoms with Gasteiger partial charge >= 0.3 is 0 Å². The molecule has 0 spiro atoms. The minimum Gasteiger partial charge on any atom is -0.365 e. The van der Waals surface area contributed by atoms with Gasteiger partial charge in [0.05, 0.1) is 0 Å². The van der Waals surface area contributed by atoms with Gasteiger partial charge in [0.2, 0.25) is 0 Å². The highest BCUT2D eigenvalue weighted by atomic mass is 16.1. The molecule has 1 aliphatic rings. The molecule has 0 aromatic rings. The Morgan fingerprint density at radius 2 is 2.36 bits per heavy atom. The van der Waals surface area contributed by atoms with E-state index in [2.05, 4.69) is 11.4 Å². The molecule has 2 nitrogen and oxygen atoms in total. The van der Waals surface area contributed by atoms with Gasteiger partial charge in [-0.2, -0.15) is 0 Å². The third kappa shape index (κ3) is 3.03. The average molecular weight is 151 g/mol. The topological polar surface area (TPSA) is 29.1 Å². The molecule has 11 heavy (non-hydrogen) atoms. The highest BCUT2D eigenvalue weighted by molar-refractivity contribution is 5.64. The van der Waals surface area contributed by atoms with Crippen LogP contribution in [0, 0.1) is 0 Å². The van der Waals surface area contributed by atoms with Crippen LogP contribution in [0.25, 0.3) is 0 Å². The number of aldehydes is 1. The Bertz CT molecular complexity index is 182. The first kappa shape index (κ1) is 8.05. The fourth-order valence-corrected chi connectivity index (χ4v) is 1.16. The Morgan fingerprint density at radius 1 is 1.45 bits per heavy atom. The fourth-order valence-electron chi connectivity index (χ4n) is 1.16. The van der Waals surface area contributed by atoms with Crippen molar-refractivity contribution in [3.05, 3.63) is 24.0 Å². The molecule has 0 aromatic heterocycles. The van der Waals surface area contributed by atoms with E-state index in [1.54, 1.807) is 6.20 Å². The molecular weight excluding hydrogens is 138 g/mol. The van der Waals surface area contributed by atoms with Crippen molar-refractivity contribution in [3.8, 4) is 0 Å². The molecule has 0 aliphatic heterocycles. The predicted molar refractivity (Wildman–Crippen MR) is 44.9 cm³/mol. The maximum atomic E-state index is 9.90. The van der Waals surface area contributed by atoms with Crippen molar-refractivity contribution < 1.29 is 4.79 Å². The maximum Gasteiger partial charge on any atom is 0.144 e. The Balaban J connectivity index is 2.29. The first-order valence-electron chi connectivity index (χ1n) is 3.99. The Kier molecular flexibility index (Phi) is 3.45. The van der Waals surface area contributed by atoms with Crippen LogP contribution in [0.4, 0.5) is 0 Å². The summed E-state index contributed by atoms with van der Waals surface area (Å²) < 4.78 is 0. The van der Waals surface area contributed by atoms with Crippen LogP contribution in [-0.4, -0.2) is 6.29 Å². The largest absolute Gasteiger partial charge is 0.365 e. The summed E-state index contributed by atoms with van der Waals surface area (Å²) >= 11 is 0. The quantitative estimate of drug-likeness (QED) is 0.491. The summed E-state index contributed by atoms with van der Waals surface area (Å²) in [7, 11) is 0. The van der Waals surface area contributed by atoms with Crippen LogP contribution >= 0.6 is 0 Å². The van der Waals surface area contributed by atoms with Crippen molar-refractivity contribution in [2.24, 2.45) is 0 Å². The number of carbonyl (C=O) groups excluding carboxylic acids is 1. The van der Waals surface area contributed by atoms with E-state index < -0.39 is 0 Å². The molecule has 0 atom stereocenters. The normalized spacial score (nSPS) is 18.0. The average Bonchev–Trinajstić information content (AvgIpc) is 2.07. The van der Waals surface area contributed by atoms with Gasteiger partial charge < -0.3 is 5.32 Å². The molecule has 0 fully saturated rings. The second-order valence-corrected chi connectivity index (χ2v) is 2.61. The van der Waals surface area contributed by atoms with E-state index in [0.29, 0.717) is 0 Å². The summed E-state index contributed by atoms with van der Waals surface area (Å²) in [5, 5.41) is 3.07. The van der Waals surface area contributed by atoms with Gasteiger partial charge in [0.1, 0.15) is 6.29 Å². The zero-order valence-corrected chi connectivity index (χ0v) is 6.55. The van der Waals surface area contributed by atoms with Crippen molar-refractivity contribution in [2.75, 3.05) is 0 Å². The minimum absolute atomic E-state index is 0.774. The summed E-state index contributed by atoms with van der Waals surface area (Å²) in [5.74, 6) is 0. The summed E-state index contributed by atoms with van der Waals surface area (Å²) in [6, 6.07) is 0. The highest BCUT2D eigenvalue weighted by Gasteiger charge is 1.99. The second-order valence-electron chi connectivity index (χ2n) is 2.61. The number of allylic oxidation sites excluding steroid dienone is 3. The minimum atomic E-state index is 0.774. The smallest absolute Gasteiger partial charge is 0.144 e. The molecule has 0 saturated carbocycles. The molecule has 1 aliphatic carbocycles. The summed E-state index contributed by atoms with van der Waals surface area (Å²) in [4.78, 5) is 9.90. The molecular formula is C9H13NO. The molecule has 0 heterocycles. The first-order valence-corrected chi connectivity index (χ1v) is 3.99. The molecule has 0 aromatic carbocycles. The van der Waals surface area contributed by atoms with Crippen LogP contribution in [0.1, 0.15) is 25.7 Å². The van der Waals surface area contributed by atoms with Gasteiger partial charge in [0, 0.05) is 11.9 Å². The molecule has 60 valence electrons. The van der Waals surface area contributed by atoms with E-state index in [9.17, 15) is 4.79 Å². The van der Waals surface area contributed by atoms with Gasteiger partial charge in [0.15, 0.2) is 0 Å². The lowest BCUT2D eigenvalue weighted by molar-refractivity contribution is -0.104. The van der Waals surface area contributed by atoms with Gasteiger partial charge in [0.25, 0.3) is 0 Å². The van der Waals surface area contributed by atoms with Crippen molar-refractivity contribution in [1.82, 2.24) is 5.32 Å². The standard InChI is InChI=1S/C9H13NO/c11-8-4-7-10-9-5-2-1-3-6-9/h4-5,7-8,10H,1-3,6H2/b7-4+. The van der Waals surface area contributed by atoms with Crippen molar-refractivity contribution >= 4 is 6.29 Å². The van der Waals surface area contributed by atoms with Crippen LogP contribution in [0.3, 0.4) is 0 Å². The summed E-state index contributed by atoms with van der Waals surface area (Å²) in [5.41, 5.74) is 1.24. The number of rotatable bonds is 3. The first-order chi connectivity index (χ1) is 5.43. The lowest BCUT2D eigenvalue weighted by atomic mass is 10.1. The van der Waals surface area contributed by atoms with Crippen molar-refractivity contribution in [3.63, 3.8) is 0 Å². The number of carbonyl (C=O) groups is 1. The second kappa shape index (κ2) is 4.72. The lowest BCUT2D eigenvalue weighted by Crippen LogP contribution is -2.07. The predicted octanol–water partition coefficient (Wildman–Crippen LogP) is 1.75. The van der Waals surface area contributed by atoms with E-state index in [0.717, 1.165) is 19.1 Å². The maximum absolute atomic E-state index is 9.90. The molecule has 0 radical (unpaired) electrons. The van der Waals surface area contributed by atoms with E-state index in [1.165, 1.54) is 24.6 Å². The number of hydrogen-bond acceptors (Lipinski definition) is 2. The molecule has 0 saturated heterocycles. The summed E-state index contributed by atoms with van der Waals surface area (Å²) in [6.07, 6.45) is 10.9. The monoisotopic (exact) mass is 151 g/mol. The highest BCUT2D eigenvalue weighted by Crippen LogP contribution is 2.14. The van der Waals surface area contributed by atoms with Crippen LogP contribution in [0.15, 0.2) is 24.0 Å². The fraction of sp³-hybridized carbons (Fsp3) is 0.444. The molecule has 0 amide bonds. The van der Waals surface area contributed by atoms with Crippen molar-refractivity contribution in [2.45, 2.75) is 25.7 Å². The Labute approximate surface area is 67.0 Å². The molecule has 1 rings (SSSR count). The van der Waals surface area contributed by atoms with Crippen molar-refractivity contribution in [1.29, 1.82) is 0 Å². The Morgan fingerprint density at radius 3 is 3.00 bits per heavy atom. The third-order valence-corrected chi connectivity index (χ3v) is 1.73. The molecule has 1 N–H and O–H groups in total.